The summed E-state index contributed by atoms with van der Waals surface area (Å²) in [5.74, 6) is 0. The van der Waals surface area contributed by atoms with Gasteiger partial charge in [0.05, 0.1) is 6.10 Å². The van der Waals surface area contributed by atoms with E-state index in [4.69, 9.17) is 5.41 Å². The number of nitrogens with zero attached hydrogens (tertiary/aromatic N) is 1. The minimum atomic E-state index is -0.433. The Morgan fingerprint density at radius 3 is 2.61 bits per heavy atom. The van der Waals surface area contributed by atoms with Gasteiger partial charge in [-0.05, 0) is 19.0 Å². The Morgan fingerprint density at radius 1 is 1.33 bits per heavy atom. The van der Waals surface area contributed by atoms with Gasteiger partial charge in [0.15, 0.2) is 0 Å². The number of aliphatic hydroxyl groups is 1. The fourth-order valence-corrected chi connectivity index (χ4v) is 2.07. The van der Waals surface area contributed by atoms with Crippen molar-refractivity contribution < 1.29 is 5.11 Å². The quantitative estimate of drug-likeness (QED) is 0.695. The number of likely N-dealkylation sites (N-methyl/N-ethyl adjacent to an activating group) is 1. The highest BCUT2D eigenvalue weighted by molar-refractivity contribution is 5.81. The molecule has 0 aliphatic rings. The first-order chi connectivity index (χ1) is 8.61. The fourth-order valence-electron chi connectivity index (χ4n) is 2.07. The van der Waals surface area contributed by atoms with Crippen molar-refractivity contribution in [3.8, 4) is 0 Å². The Kier molecular flexibility index (Phi) is 6.61. The van der Waals surface area contributed by atoms with Crippen LogP contribution in [0.15, 0.2) is 30.3 Å². The first-order valence-corrected chi connectivity index (χ1v) is 6.58. The van der Waals surface area contributed by atoms with Crippen LogP contribution in [0.1, 0.15) is 31.7 Å². The number of rotatable bonds is 8. The third-order valence-corrected chi connectivity index (χ3v) is 2.85. The minimum Gasteiger partial charge on any atom is -0.391 e. The largest absolute Gasteiger partial charge is 0.391 e. The highest BCUT2D eigenvalue weighted by Gasteiger charge is 2.10. The van der Waals surface area contributed by atoms with E-state index >= 15 is 0 Å². The molecule has 1 aromatic rings. The molecule has 0 aliphatic heterocycles. The van der Waals surface area contributed by atoms with E-state index in [-0.39, 0.29) is 0 Å². The maximum atomic E-state index is 9.91. The number of nitrogens with one attached hydrogen (secondary N) is 1. The van der Waals surface area contributed by atoms with E-state index in [0.717, 1.165) is 19.4 Å². The van der Waals surface area contributed by atoms with Crippen LogP contribution in [0.25, 0.3) is 0 Å². The molecule has 0 aliphatic carbocycles. The van der Waals surface area contributed by atoms with Gasteiger partial charge in [-0.15, -0.1) is 0 Å². The maximum Gasteiger partial charge on any atom is 0.0718 e. The van der Waals surface area contributed by atoms with Crippen LogP contribution >= 0.6 is 0 Å². The van der Waals surface area contributed by atoms with Crippen LogP contribution < -0.4 is 0 Å². The topological polar surface area (TPSA) is 47.3 Å². The van der Waals surface area contributed by atoms with Crippen molar-refractivity contribution in [2.45, 2.75) is 38.8 Å². The summed E-state index contributed by atoms with van der Waals surface area (Å²) in [6.07, 6.45) is 1.83. The van der Waals surface area contributed by atoms with Gasteiger partial charge >= 0.3 is 0 Å². The molecule has 0 unspecified atom stereocenters. The molecule has 3 nitrogen and oxygen atoms in total. The normalized spacial score (nSPS) is 12.7. The molecule has 0 spiro atoms. The van der Waals surface area contributed by atoms with Gasteiger partial charge in [0.25, 0.3) is 0 Å². The smallest absolute Gasteiger partial charge is 0.0718 e. The van der Waals surface area contributed by atoms with E-state index in [1.54, 1.807) is 0 Å². The molecule has 0 bridgehead atoms. The molecule has 0 amide bonds. The highest BCUT2D eigenvalue weighted by atomic mass is 16.3. The van der Waals surface area contributed by atoms with Crippen LogP contribution in [0.5, 0.6) is 0 Å². The Labute approximate surface area is 110 Å². The summed E-state index contributed by atoms with van der Waals surface area (Å²) in [5, 5.41) is 17.6. The monoisotopic (exact) mass is 248 g/mol. The minimum absolute atomic E-state index is 0.433. The number of hydrogen-bond acceptors (Lipinski definition) is 3. The number of aliphatic hydroxyl groups excluding tert-OH is 1. The van der Waals surface area contributed by atoms with Gasteiger partial charge < -0.3 is 10.5 Å². The van der Waals surface area contributed by atoms with Crippen molar-refractivity contribution in [1.82, 2.24) is 4.90 Å². The van der Waals surface area contributed by atoms with Crippen LogP contribution in [0, 0.1) is 5.41 Å². The molecule has 1 rings (SSSR count). The van der Waals surface area contributed by atoms with Crippen molar-refractivity contribution in [2.24, 2.45) is 0 Å². The van der Waals surface area contributed by atoms with Crippen LogP contribution in [-0.2, 0) is 6.54 Å². The average molecular weight is 248 g/mol. The van der Waals surface area contributed by atoms with Gasteiger partial charge in [-0.25, -0.2) is 0 Å². The molecular weight excluding hydrogens is 224 g/mol. The molecule has 0 radical (unpaired) electrons. The van der Waals surface area contributed by atoms with Gasteiger partial charge in [0.1, 0.15) is 0 Å². The van der Waals surface area contributed by atoms with E-state index in [1.807, 2.05) is 25.2 Å². The molecule has 0 heterocycles. The second-order valence-corrected chi connectivity index (χ2v) is 4.89. The standard InChI is InChI=1S/C15H24N2O/c1-3-7-14(16)10-15(18)12-17(2)11-13-8-5-4-6-9-13/h4-6,8-9,15-16,18H,3,7,10-12H2,1-2H3/t15-/m0/s1. The van der Waals surface area contributed by atoms with Crippen molar-refractivity contribution in [1.29, 1.82) is 5.41 Å². The third kappa shape index (κ3) is 5.94. The Morgan fingerprint density at radius 2 is 2.00 bits per heavy atom. The molecule has 0 fully saturated rings. The number of benzene rings is 1. The van der Waals surface area contributed by atoms with Crippen LogP contribution in [-0.4, -0.2) is 35.4 Å². The first-order valence-electron chi connectivity index (χ1n) is 6.58. The zero-order valence-electron chi connectivity index (χ0n) is 11.4. The summed E-state index contributed by atoms with van der Waals surface area (Å²) in [7, 11) is 2.00. The zero-order chi connectivity index (χ0) is 13.4. The SMILES string of the molecule is CCCC(=N)C[C@H](O)CN(C)Cc1ccccc1. The summed E-state index contributed by atoms with van der Waals surface area (Å²) in [4.78, 5) is 2.10. The lowest BCUT2D eigenvalue weighted by atomic mass is 10.1. The van der Waals surface area contributed by atoms with Gasteiger partial charge in [0, 0.05) is 25.2 Å². The summed E-state index contributed by atoms with van der Waals surface area (Å²) < 4.78 is 0. The molecular formula is C15H24N2O. The van der Waals surface area contributed by atoms with Crippen LogP contribution in [0.2, 0.25) is 0 Å². The molecule has 1 atom stereocenters. The Hall–Kier alpha value is -1.19. The van der Waals surface area contributed by atoms with Gasteiger partial charge in [-0.3, -0.25) is 4.90 Å². The second-order valence-electron chi connectivity index (χ2n) is 4.89. The van der Waals surface area contributed by atoms with E-state index < -0.39 is 6.10 Å². The maximum absolute atomic E-state index is 9.91. The Bertz CT molecular complexity index is 351. The lowest BCUT2D eigenvalue weighted by molar-refractivity contribution is 0.128. The lowest BCUT2D eigenvalue weighted by Gasteiger charge is -2.20. The second kappa shape index (κ2) is 8.01. The van der Waals surface area contributed by atoms with Gasteiger partial charge in [-0.2, -0.15) is 0 Å². The highest BCUT2D eigenvalue weighted by Crippen LogP contribution is 2.06. The van der Waals surface area contributed by atoms with E-state index in [0.29, 0.717) is 18.7 Å². The van der Waals surface area contributed by atoms with E-state index in [2.05, 4.69) is 24.0 Å². The van der Waals surface area contributed by atoms with Crippen LogP contribution in [0.4, 0.5) is 0 Å². The lowest BCUT2D eigenvalue weighted by Crippen LogP contribution is -2.30. The average Bonchev–Trinajstić information content (AvgIpc) is 2.29. The third-order valence-electron chi connectivity index (χ3n) is 2.85. The van der Waals surface area contributed by atoms with E-state index in [1.165, 1.54) is 5.56 Å². The first kappa shape index (κ1) is 14.9. The summed E-state index contributed by atoms with van der Waals surface area (Å²) in [6.45, 7) is 3.50. The van der Waals surface area contributed by atoms with Crippen molar-refractivity contribution in [2.75, 3.05) is 13.6 Å². The summed E-state index contributed by atoms with van der Waals surface area (Å²) >= 11 is 0. The van der Waals surface area contributed by atoms with Crippen LogP contribution in [0.3, 0.4) is 0 Å². The number of hydrogen-bond donors (Lipinski definition) is 2. The molecule has 18 heavy (non-hydrogen) atoms. The molecule has 100 valence electrons. The van der Waals surface area contributed by atoms with Crippen molar-refractivity contribution >= 4 is 5.71 Å². The van der Waals surface area contributed by atoms with Gasteiger partial charge in [0.2, 0.25) is 0 Å². The fraction of sp³-hybridized carbons (Fsp3) is 0.533. The Balaban J connectivity index is 2.31. The van der Waals surface area contributed by atoms with E-state index in [9.17, 15) is 5.11 Å². The molecule has 2 N–H and O–H groups in total. The summed E-state index contributed by atoms with van der Waals surface area (Å²) in [6, 6.07) is 10.2. The predicted octanol–water partition coefficient (Wildman–Crippen LogP) is 2.69. The molecule has 0 saturated heterocycles. The van der Waals surface area contributed by atoms with Crippen molar-refractivity contribution in [3.05, 3.63) is 35.9 Å². The molecule has 3 heteroatoms. The predicted molar refractivity (Wildman–Crippen MR) is 76.0 cm³/mol. The van der Waals surface area contributed by atoms with Crippen molar-refractivity contribution in [3.63, 3.8) is 0 Å². The zero-order valence-corrected chi connectivity index (χ0v) is 11.4. The molecule has 1 aromatic carbocycles. The summed E-state index contributed by atoms with van der Waals surface area (Å²) in [5.41, 5.74) is 1.90. The van der Waals surface area contributed by atoms with Gasteiger partial charge in [-0.1, -0.05) is 43.7 Å². The molecule has 0 saturated carbocycles. The molecule has 0 aromatic heterocycles.